The summed E-state index contributed by atoms with van der Waals surface area (Å²) in [6.07, 6.45) is 5.55. The Labute approximate surface area is 270 Å². The summed E-state index contributed by atoms with van der Waals surface area (Å²) >= 11 is 0. The minimum absolute atomic E-state index is 0.323. The molecule has 0 aromatic carbocycles. The third-order valence-electron chi connectivity index (χ3n) is 9.38. The van der Waals surface area contributed by atoms with Gasteiger partial charge in [0.2, 0.25) is 0 Å². The van der Waals surface area contributed by atoms with Gasteiger partial charge < -0.3 is 14.5 Å². The molecule has 4 saturated heterocycles. The van der Waals surface area contributed by atoms with Crippen molar-refractivity contribution in [1.82, 2.24) is 29.4 Å². The SMILES string of the molecule is CC(C)(C)N1CCCCC1.CC(C)(C)N1CCOCC1.CN1CCCN(C(C)(C)C)CC1.CN1CCN(C(C)(C)C)CC1. The zero-order chi connectivity index (χ0) is 32.9. The zero-order valence-electron chi connectivity index (χ0n) is 31.8. The maximum atomic E-state index is 5.25. The van der Waals surface area contributed by atoms with E-state index in [2.05, 4.69) is 127 Å². The van der Waals surface area contributed by atoms with Crippen LogP contribution in [0.1, 0.15) is 109 Å². The van der Waals surface area contributed by atoms with Gasteiger partial charge in [0.1, 0.15) is 0 Å². The number of morpholine rings is 1. The van der Waals surface area contributed by atoms with Crippen LogP contribution in [0.2, 0.25) is 0 Å². The molecule has 0 atom stereocenters. The fourth-order valence-corrected chi connectivity index (χ4v) is 5.99. The summed E-state index contributed by atoms with van der Waals surface area (Å²) in [4.78, 5) is 15.0. The average Bonchev–Trinajstić information content (AvgIpc) is 3.14. The largest absolute Gasteiger partial charge is 0.379 e. The highest BCUT2D eigenvalue weighted by molar-refractivity contribution is 4.82. The molecular formula is C36H78N6O. The lowest BCUT2D eigenvalue weighted by atomic mass is 10.0. The summed E-state index contributed by atoms with van der Waals surface area (Å²) in [7, 11) is 4.41. The van der Waals surface area contributed by atoms with Crippen LogP contribution in [0.3, 0.4) is 0 Å². The molecule has 7 nitrogen and oxygen atoms in total. The molecule has 4 heterocycles. The van der Waals surface area contributed by atoms with Crippen molar-refractivity contribution in [2.24, 2.45) is 0 Å². The van der Waals surface area contributed by atoms with Crippen LogP contribution in [0.15, 0.2) is 0 Å². The molecule has 0 saturated carbocycles. The second-order valence-corrected chi connectivity index (χ2v) is 17.3. The first-order valence-corrected chi connectivity index (χ1v) is 17.7. The summed E-state index contributed by atoms with van der Waals surface area (Å²) in [5.41, 5.74) is 1.44. The Kier molecular flexibility index (Phi) is 17.8. The maximum absolute atomic E-state index is 5.25. The minimum atomic E-state index is 0.323. The van der Waals surface area contributed by atoms with E-state index in [0.717, 1.165) is 26.3 Å². The molecule has 0 N–H and O–H groups in total. The molecule has 0 radical (unpaired) electrons. The van der Waals surface area contributed by atoms with Gasteiger partial charge >= 0.3 is 0 Å². The fraction of sp³-hybridized carbons (Fsp3) is 1.00. The number of likely N-dealkylation sites (tertiary alicyclic amines) is 1. The molecule has 258 valence electrons. The third-order valence-corrected chi connectivity index (χ3v) is 9.38. The number of ether oxygens (including phenoxy) is 1. The van der Waals surface area contributed by atoms with E-state index in [1.165, 1.54) is 91.1 Å². The van der Waals surface area contributed by atoms with Gasteiger partial charge in [-0.25, -0.2) is 0 Å². The normalized spacial score (nSPS) is 23.6. The number of piperidine rings is 1. The van der Waals surface area contributed by atoms with Crippen molar-refractivity contribution < 1.29 is 4.74 Å². The number of nitrogens with zero attached hydrogens (tertiary/aromatic N) is 6. The van der Waals surface area contributed by atoms with Gasteiger partial charge in [-0.05, 0) is 143 Å². The predicted octanol–water partition coefficient (Wildman–Crippen LogP) is 5.84. The first-order chi connectivity index (χ1) is 19.7. The molecule has 0 unspecified atom stereocenters. The van der Waals surface area contributed by atoms with Gasteiger partial charge in [0.15, 0.2) is 0 Å². The smallest absolute Gasteiger partial charge is 0.0594 e. The number of hydrogen-bond donors (Lipinski definition) is 0. The predicted molar refractivity (Wildman–Crippen MR) is 190 cm³/mol. The van der Waals surface area contributed by atoms with Gasteiger partial charge in [-0.2, -0.15) is 0 Å². The van der Waals surface area contributed by atoms with Crippen LogP contribution in [0.5, 0.6) is 0 Å². The summed E-state index contributed by atoms with van der Waals surface area (Å²) < 4.78 is 5.25. The second-order valence-electron chi connectivity index (χ2n) is 17.3. The molecule has 4 aliphatic heterocycles. The molecule has 0 amide bonds. The highest BCUT2D eigenvalue weighted by Crippen LogP contribution is 2.19. The van der Waals surface area contributed by atoms with Crippen molar-refractivity contribution in [3.63, 3.8) is 0 Å². The van der Waals surface area contributed by atoms with Crippen LogP contribution in [0, 0.1) is 0 Å². The van der Waals surface area contributed by atoms with E-state index in [9.17, 15) is 0 Å². The zero-order valence-corrected chi connectivity index (χ0v) is 31.8. The van der Waals surface area contributed by atoms with E-state index in [-0.39, 0.29) is 0 Å². The van der Waals surface area contributed by atoms with Gasteiger partial charge in [-0.1, -0.05) is 6.42 Å². The molecular weight excluding hydrogens is 532 g/mol. The lowest BCUT2D eigenvalue weighted by Gasteiger charge is -2.41. The highest BCUT2D eigenvalue weighted by Gasteiger charge is 2.25. The maximum Gasteiger partial charge on any atom is 0.0594 e. The van der Waals surface area contributed by atoms with Crippen molar-refractivity contribution in [2.45, 2.75) is 131 Å². The lowest BCUT2D eigenvalue weighted by molar-refractivity contribution is -0.00389. The summed E-state index contributed by atoms with van der Waals surface area (Å²) in [6.45, 7) is 43.9. The Balaban J connectivity index is 0.000000287. The fourth-order valence-electron chi connectivity index (χ4n) is 5.99. The Hall–Kier alpha value is -0.280. The van der Waals surface area contributed by atoms with Crippen molar-refractivity contribution in [3.8, 4) is 0 Å². The van der Waals surface area contributed by atoms with Crippen LogP contribution < -0.4 is 0 Å². The van der Waals surface area contributed by atoms with Crippen molar-refractivity contribution in [1.29, 1.82) is 0 Å². The molecule has 4 aliphatic rings. The highest BCUT2D eigenvalue weighted by atomic mass is 16.5. The summed E-state index contributed by atoms with van der Waals surface area (Å²) in [5, 5.41) is 0. The van der Waals surface area contributed by atoms with Crippen LogP contribution in [-0.2, 0) is 4.74 Å². The standard InChI is InChI=1S/C10H22N2.C9H20N2.C9H19N.C8H17NO/c1-10(2,3)12-7-5-6-11(4)8-9-12;1-9(2,3)11-7-5-10(4)6-8-11;1-9(2,3)10-7-5-4-6-8-10;1-8(2,3)9-4-6-10-7-5-9/h5-9H2,1-4H3;5-8H2,1-4H3;4-8H2,1-3H3;4-7H2,1-3H3. The number of hydrogen-bond acceptors (Lipinski definition) is 7. The Morgan fingerprint density at radius 1 is 0.326 bits per heavy atom. The van der Waals surface area contributed by atoms with Crippen molar-refractivity contribution >= 4 is 0 Å². The molecule has 0 aromatic heterocycles. The van der Waals surface area contributed by atoms with E-state index >= 15 is 0 Å². The molecule has 0 bridgehead atoms. The van der Waals surface area contributed by atoms with E-state index in [1.54, 1.807) is 0 Å². The molecule has 43 heavy (non-hydrogen) atoms. The Morgan fingerprint density at radius 3 is 0.977 bits per heavy atom. The first-order valence-electron chi connectivity index (χ1n) is 17.7. The van der Waals surface area contributed by atoms with Crippen molar-refractivity contribution in [2.75, 3.05) is 106 Å². The van der Waals surface area contributed by atoms with E-state index < -0.39 is 0 Å². The average molecular weight is 611 g/mol. The van der Waals surface area contributed by atoms with Crippen LogP contribution in [0.25, 0.3) is 0 Å². The number of rotatable bonds is 0. The number of piperazine rings is 1. The van der Waals surface area contributed by atoms with E-state index in [4.69, 9.17) is 4.74 Å². The van der Waals surface area contributed by atoms with Crippen molar-refractivity contribution in [3.05, 3.63) is 0 Å². The summed E-state index contributed by atoms with van der Waals surface area (Å²) in [6, 6.07) is 0. The molecule has 4 fully saturated rings. The summed E-state index contributed by atoms with van der Waals surface area (Å²) in [5.74, 6) is 0. The quantitative estimate of drug-likeness (QED) is 0.340. The second kappa shape index (κ2) is 18.8. The lowest BCUT2D eigenvalue weighted by Crippen LogP contribution is -2.52. The molecule has 4 rings (SSSR count). The van der Waals surface area contributed by atoms with Gasteiger partial charge in [0.25, 0.3) is 0 Å². The molecule has 0 aliphatic carbocycles. The van der Waals surface area contributed by atoms with Gasteiger partial charge in [-0.3, -0.25) is 19.6 Å². The number of likely N-dealkylation sites (N-methyl/N-ethyl adjacent to an activating group) is 2. The molecule has 7 heteroatoms. The Morgan fingerprint density at radius 2 is 0.628 bits per heavy atom. The minimum Gasteiger partial charge on any atom is -0.379 e. The topological polar surface area (TPSA) is 28.7 Å². The first kappa shape index (κ1) is 40.7. The molecule has 0 aromatic rings. The third kappa shape index (κ3) is 17.9. The van der Waals surface area contributed by atoms with E-state index in [1.807, 2.05) is 0 Å². The Bertz CT molecular complexity index is 669. The van der Waals surface area contributed by atoms with Gasteiger partial charge in [-0.15, -0.1) is 0 Å². The van der Waals surface area contributed by atoms with Gasteiger partial charge in [0, 0.05) is 74.5 Å². The van der Waals surface area contributed by atoms with Crippen LogP contribution >= 0.6 is 0 Å². The monoisotopic (exact) mass is 611 g/mol. The van der Waals surface area contributed by atoms with Gasteiger partial charge in [0.05, 0.1) is 13.2 Å². The van der Waals surface area contributed by atoms with Crippen LogP contribution in [-0.4, -0.2) is 157 Å². The van der Waals surface area contributed by atoms with Crippen LogP contribution in [0.4, 0.5) is 0 Å². The molecule has 0 spiro atoms. The van der Waals surface area contributed by atoms with E-state index in [0.29, 0.717) is 22.2 Å².